The first kappa shape index (κ1) is 16.0. The molecule has 0 heterocycles. The molecule has 0 unspecified atom stereocenters. The molecule has 0 atom stereocenters. The Morgan fingerprint density at radius 2 is 1.79 bits per heavy atom. The fourth-order valence-corrected chi connectivity index (χ4v) is 1.96. The number of para-hydroxylation sites is 1. The van der Waals surface area contributed by atoms with Gasteiger partial charge in [-0.25, -0.2) is 0 Å². The molecule has 0 saturated carbocycles. The zero-order chi connectivity index (χ0) is 14.1. The molecule has 0 bridgehead atoms. The van der Waals surface area contributed by atoms with Crippen molar-refractivity contribution in [1.82, 2.24) is 0 Å². The molecule has 0 aliphatic rings. The molecule has 1 rings (SSSR count). The molecule has 108 valence electrons. The highest BCUT2D eigenvalue weighted by Crippen LogP contribution is 2.28. The van der Waals surface area contributed by atoms with Crippen molar-refractivity contribution in [2.24, 2.45) is 0 Å². The monoisotopic (exact) mass is 265 g/mol. The summed E-state index contributed by atoms with van der Waals surface area (Å²) in [6.45, 7) is 9.78. The minimum atomic E-state index is 0.156. The van der Waals surface area contributed by atoms with Crippen molar-refractivity contribution in [2.75, 3.05) is 38.8 Å². The predicted molar refractivity (Wildman–Crippen MR) is 80.9 cm³/mol. The lowest BCUT2D eigenvalue weighted by Gasteiger charge is -2.23. The van der Waals surface area contributed by atoms with Crippen LogP contribution in [0.5, 0.6) is 0 Å². The lowest BCUT2D eigenvalue weighted by atomic mass is 9.86. The highest BCUT2D eigenvalue weighted by molar-refractivity contribution is 5.54. The summed E-state index contributed by atoms with van der Waals surface area (Å²) in [5, 5.41) is 3.45. The van der Waals surface area contributed by atoms with E-state index >= 15 is 0 Å². The topological polar surface area (TPSA) is 30.5 Å². The molecule has 1 N–H and O–H groups in total. The molecule has 0 aliphatic heterocycles. The Bertz CT molecular complexity index is 358. The Morgan fingerprint density at radius 1 is 1.05 bits per heavy atom. The molecule has 0 spiro atoms. The number of benzene rings is 1. The van der Waals surface area contributed by atoms with E-state index < -0.39 is 0 Å². The second-order valence-corrected chi connectivity index (χ2v) is 5.68. The summed E-state index contributed by atoms with van der Waals surface area (Å²) in [7, 11) is 1.71. The average molecular weight is 265 g/mol. The van der Waals surface area contributed by atoms with Gasteiger partial charge in [0.2, 0.25) is 0 Å². The van der Waals surface area contributed by atoms with Gasteiger partial charge in [-0.3, -0.25) is 0 Å². The summed E-state index contributed by atoms with van der Waals surface area (Å²) in [5.41, 5.74) is 2.70. The van der Waals surface area contributed by atoms with Crippen LogP contribution in [0.4, 0.5) is 5.69 Å². The number of anilines is 1. The minimum Gasteiger partial charge on any atom is -0.385 e. The van der Waals surface area contributed by atoms with Gasteiger partial charge in [0, 0.05) is 32.6 Å². The maximum atomic E-state index is 5.54. The normalized spacial score (nSPS) is 11.6. The van der Waals surface area contributed by atoms with Crippen molar-refractivity contribution in [1.29, 1.82) is 0 Å². The van der Waals surface area contributed by atoms with E-state index in [1.807, 2.05) is 0 Å². The summed E-state index contributed by atoms with van der Waals surface area (Å²) in [5.74, 6) is 0. The average Bonchev–Trinajstić information content (AvgIpc) is 2.37. The third kappa shape index (κ3) is 6.08. The molecule has 0 fully saturated rings. The number of methoxy groups -OCH3 is 1. The van der Waals surface area contributed by atoms with Crippen LogP contribution in [0.2, 0.25) is 0 Å². The Hall–Kier alpha value is -1.06. The zero-order valence-corrected chi connectivity index (χ0v) is 12.7. The number of nitrogens with one attached hydrogen (secondary N) is 1. The minimum absolute atomic E-state index is 0.156. The Kier molecular flexibility index (Phi) is 6.89. The summed E-state index contributed by atoms with van der Waals surface area (Å²) < 4.78 is 10.5. The van der Waals surface area contributed by atoms with Gasteiger partial charge in [-0.15, -0.1) is 0 Å². The van der Waals surface area contributed by atoms with Crippen LogP contribution in [0.1, 0.15) is 32.8 Å². The summed E-state index contributed by atoms with van der Waals surface area (Å²) >= 11 is 0. The SMILES string of the molecule is COCCCOCCNc1ccccc1C(C)(C)C. The van der Waals surface area contributed by atoms with Gasteiger partial charge in [-0.2, -0.15) is 0 Å². The molecule has 19 heavy (non-hydrogen) atoms. The van der Waals surface area contributed by atoms with Gasteiger partial charge in [-0.05, 0) is 23.5 Å². The number of rotatable bonds is 8. The molecular weight excluding hydrogens is 238 g/mol. The first-order valence-corrected chi connectivity index (χ1v) is 6.96. The van der Waals surface area contributed by atoms with Crippen molar-refractivity contribution in [2.45, 2.75) is 32.6 Å². The van der Waals surface area contributed by atoms with Gasteiger partial charge in [0.1, 0.15) is 0 Å². The van der Waals surface area contributed by atoms with Crippen molar-refractivity contribution in [3.05, 3.63) is 29.8 Å². The molecule has 0 saturated heterocycles. The molecule has 0 amide bonds. The van der Waals surface area contributed by atoms with Crippen molar-refractivity contribution in [3.8, 4) is 0 Å². The van der Waals surface area contributed by atoms with Crippen LogP contribution in [-0.4, -0.2) is 33.5 Å². The van der Waals surface area contributed by atoms with E-state index in [0.717, 1.165) is 32.8 Å². The highest BCUT2D eigenvalue weighted by atomic mass is 16.5. The van der Waals surface area contributed by atoms with Crippen molar-refractivity contribution in [3.63, 3.8) is 0 Å². The summed E-state index contributed by atoms with van der Waals surface area (Å²) in [6, 6.07) is 8.47. The predicted octanol–water partition coefficient (Wildman–Crippen LogP) is 3.45. The zero-order valence-electron chi connectivity index (χ0n) is 12.7. The van der Waals surface area contributed by atoms with E-state index in [-0.39, 0.29) is 5.41 Å². The molecule has 3 heteroatoms. The van der Waals surface area contributed by atoms with Crippen LogP contribution in [0, 0.1) is 0 Å². The lowest BCUT2D eigenvalue weighted by Crippen LogP contribution is -2.17. The van der Waals surface area contributed by atoms with Crippen molar-refractivity contribution < 1.29 is 9.47 Å². The van der Waals surface area contributed by atoms with E-state index in [9.17, 15) is 0 Å². The van der Waals surface area contributed by atoms with Crippen LogP contribution in [0.25, 0.3) is 0 Å². The van der Waals surface area contributed by atoms with E-state index in [4.69, 9.17) is 9.47 Å². The van der Waals surface area contributed by atoms with Crippen LogP contribution >= 0.6 is 0 Å². The third-order valence-electron chi connectivity index (χ3n) is 2.93. The standard InChI is InChI=1S/C16H27NO2/c1-16(2,3)14-8-5-6-9-15(14)17-10-13-19-12-7-11-18-4/h5-6,8-9,17H,7,10-13H2,1-4H3. The summed E-state index contributed by atoms with van der Waals surface area (Å²) in [6.07, 6.45) is 0.953. The Balaban J connectivity index is 2.33. The molecule has 0 aromatic heterocycles. The van der Waals surface area contributed by atoms with E-state index in [2.05, 4.69) is 50.4 Å². The first-order valence-electron chi connectivity index (χ1n) is 6.96. The van der Waals surface area contributed by atoms with Gasteiger partial charge in [0.25, 0.3) is 0 Å². The fraction of sp³-hybridized carbons (Fsp3) is 0.625. The van der Waals surface area contributed by atoms with Gasteiger partial charge in [-0.1, -0.05) is 39.0 Å². The number of hydrogen-bond acceptors (Lipinski definition) is 3. The smallest absolute Gasteiger partial charge is 0.0639 e. The fourth-order valence-electron chi connectivity index (χ4n) is 1.96. The van der Waals surface area contributed by atoms with Crippen LogP contribution < -0.4 is 5.32 Å². The van der Waals surface area contributed by atoms with E-state index in [0.29, 0.717) is 0 Å². The first-order chi connectivity index (χ1) is 9.05. The quantitative estimate of drug-likeness (QED) is 0.730. The van der Waals surface area contributed by atoms with E-state index in [1.165, 1.54) is 11.3 Å². The molecule has 0 radical (unpaired) electrons. The largest absolute Gasteiger partial charge is 0.385 e. The Labute approximate surface area is 117 Å². The third-order valence-corrected chi connectivity index (χ3v) is 2.93. The summed E-state index contributed by atoms with van der Waals surface area (Å²) in [4.78, 5) is 0. The number of ether oxygens (including phenoxy) is 2. The van der Waals surface area contributed by atoms with Gasteiger partial charge < -0.3 is 14.8 Å². The second kappa shape index (κ2) is 8.18. The van der Waals surface area contributed by atoms with Crippen LogP contribution in [-0.2, 0) is 14.9 Å². The molecule has 0 aliphatic carbocycles. The van der Waals surface area contributed by atoms with Crippen LogP contribution in [0.15, 0.2) is 24.3 Å². The second-order valence-electron chi connectivity index (χ2n) is 5.68. The van der Waals surface area contributed by atoms with Gasteiger partial charge in [0.05, 0.1) is 6.61 Å². The highest BCUT2D eigenvalue weighted by Gasteiger charge is 2.16. The Morgan fingerprint density at radius 3 is 2.47 bits per heavy atom. The van der Waals surface area contributed by atoms with Gasteiger partial charge >= 0.3 is 0 Å². The molecule has 1 aromatic carbocycles. The van der Waals surface area contributed by atoms with Gasteiger partial charge in [0.15, 0.2) is 0 Å². The molecule has 3 nitrogen and oxygen atoms in total. The maximum absolute atomic E-state index is 5.54. The number of hydrogen-bond donors (Lipinski definition) is 1. The van der Waals surface area contributed by atoms with Crippen LogP contribution in [0.3, 0.4) is 0 Å². The molecule has 1 aromatic rings. The lowest BCUT2D eigenvalue weighted by molar-refractivity contribution is 0.109. The maximum Gasteiger partial charge on any atom is 0.0639 e. The molecular formula is C16H27NO2. The van der Waals surface area contributed by atoms with E-state index in [1.54, 1.807) is 7.11 Å². The van der Waals surface area contributed by atoms with Crippen molar-refractivity contribution >= 4 is 5.69 Å².